The van der Waals surface area contributed by atoms with E-state index in [1.807, 2.05) is 6.07 Å². The Bertz CT molecular complexity index is 432. The van der Waals surface area contributed by atoms with Crippen LogP contribution in [-0.4, -0.2) is 18.9 Å². The maximum atomic E-state index is 5.44. The Balaban J connectivity index is 1.68. The Morgan fingerprint density at radius 3 is 2.88 bits per heavy atom. The molecule has 3 nitrogen and oxygen atoms in total. The van der Waals surface area contributed by atoms with Crippen molar-refractivity contribution < 1.29 is 9.47 Å². The molecule has 1 aromatic carbocycles. The highest BCUT2D eigenvalue weighted by atomic mass is 16.7. The van der Waals surface area contributed by atoms with Crippen LogP contribution in [0, 0.1) is 0 Å². The van der Waals surface area contributed by atoms with E-state index in [4.69, 9.17) is 9.47 Å². The Morgan fingerprint density at radius 1 is 1.12 bits per heavy atom. The number of hydrogen-bond acceptors (Lipinski definition) is 3. The normalized spacial score (nSPS) is 34.6. The second kappa shape index (κ2) is 3.14. The van der Waals surface area contributed by atoms with Gasteiger partial charge in [-0.3, -0.25) is 0 Å². The largest absolute Gasteiger partial charge is 0.454 e. The first-order valence-corrected chi connectivity index (χ1v) is 6.06. The van der Waals surface area contributed by atoms with Crippen molar-refractivity contribution >= 4 is 0 Å². The lowest BCUT2D eigenvalue weighted by atomic mass is 9.84. The molecule has 0 radical (unpaired) electrons. The van der Waals surface area contributed by atoms with Gasteiger partial charge in [0.1, 0.15) is 0 Å². The summed E-state index contributed by atoms with van der Waals surface area (Å²) in [6.45, 7) is 0.369. The first kappa shape index (κ1) is 8.88. The SMILES string of the molecule is c1cc2c(cc1C1CC3CCC1N3)OCO2. The number of ether oxygens (including phenoxy) is 2. The molecule has 0 spiro atoms. The number of fused-ring (bicyclic) bond motifs is 3. The second-order valence-electron chi connectivity index (χ2n) is 5.00. The summed E-state index contributed by atoms with van der Waals surface area (Å²) in [7, 11) is 0. The Labute approximate surface area is 94.7 Å². The average molecular weight is 217 g/mol. The Morgan fingerprint density at radius 2 is 2.06 bits per heavy atom. The summed E-state index contributed by atoms with van der Waals surface area (Å²) in [5.74, 6) is 2.48. The summed E-state index contributed by atoms with van der Waals surface area (Å²) in [5.41, 5.74) is 1.41. The number of hydrogen-bond donors (Lipinski definition) is 1. The molecule has 3 heterocycles. The lowest BCUT2D eigenvalue weighted by Crippen LogP contribution is -2.21. The first-order chi connectivity index (χ1) is 7.90. The molecule has 0 amide bonds. The van der Waals surface area contributed by atoms with Gasteiger partial charge in [-0.05, 0) is 37.0 Å². The van der Waals surface area contributed by atoms with Crippen LogP contribution < -0.4 is 14.8 Å². The van der Waals surface area contributed by atoms with Crippen molar-refractivity contribution in [1.82, 2.24) is 5.32 Å². The molecule has 0 aliphatic carbocycles. The molecular weight excluding hydrogens is 202 g/mol. The van der Waals surface area contributed by atoms with Gasteiger partial charge in [0, 0.05) is 18.0 Å². The van der Waals surface area contributed by atoms with Crippen LogP contribution >= 0.6 is 0 Å². The van der Waals surface area contributed by atoms with Gasteiger partial charge in [-0.15, -0.1) is 0 Å². The summed E-state index contributed by atoms with van der Waals surface area (Å²) < 4.78 is 10.8. The summed E-state index contributed by atoms with van der Waals surface area (Å²) in [6.07, 6.45) is 3.96. The van der Waals surface area contributed by atoms with Crippen LogP contribution in [-0.2, 0) is 0 Å². The predicted octanol–water partition coefficient (Wildman–Crippen LogP) is 2.02. The van der Waals surface area contributed by atoms with Crippen LogP contribution in [0.3, 0.4) is 0 Å². The van der Waals surface area contributed by atoms with Gasteiger partial charge in [-0.25, -0.2) is 0 Å². The van der Waals surface area contributed by atoms with Crippen molar-refractivity contribution in [2.75, 3.05) is 6.79 Å². The van der Waals surface area contributed by atoms with Gasteiger partial charge in [-0.1, -0.05) is 6.07 Å². The van der Waals surface area contributed by atoms with E-state index in [-0.39, 0.29) is 0 Å². The van der Waals surface area contributed by atoms with Crippen LogP contribution in [0.4, 0.5) is 0 Å². The number of benzene rings is 1. The van der Waals surface area contributed by atoms with E-state index in [9.17, 15) is 0 Å². The minimum absolute atomic E-state index is 0.369. The van der Waals surface area contributed by atoms with Crippen LogP contribution in [0.15, 0.2) is 18.2 Å². The van der Waals surface area contributed by atoms with E-state index in [0.717, 1.165) is 17.5 Å². The molecule has 3 heteroatoms. The van der Waals surface area contributed by atoms with Crippen LogP contribution in [0.1, 0.15) is 30.7 Å². The van der Waals surface area contributed by atoms with Crippen LogP contribution in [0.2, 0.25) is 0 Å². The Kier molecular flexibility index (Phi) is 1.74. The monoisotopic (exact) mass is 217 g/mol. The molecule has 3 unspecified atom stereocenters. The molecule has 1 N–H and O–H groups in total. The third kappa shape index (κ3) is 1.18. The van der Waals surface area contributed by atoms with E-state index in [2.05, 4.69) is 17.4 Å². The van der Waals surface area contributed by atoms with Crippen molar-refractivity contribution in [3.8, 4) is 11.5 Å². The van der Waals surface area contributed by atoms with Crippen molar-refractivity contribution in [3.05, 3.63) is 23.8 Å². The summed E-state index contributed by atoms with van der Waals surface area (Å²) in [5, 5.41) is 3.67. The summed E-state index contributed by atoms with van der Waals surface area (Å²) >= 11 is 0. The highest BCUT2D eigenvalue weighted by Crippen LogP contribution is 2.43. The predicted molar refractivity (Wildman–Crippen MR) is 59.9 cm³/mol. The quantitative estimate of drug-likeness (QED) is 0.780. The third-order valence-corrected chi connectivity index (χ3v) is 4.12. The van der Waals surface area contributed by atoms with E-state index >= 15 is 0 Å². The van der Waals surface area contributed by atoms with E-state index < -0.39 is 0 Å². The molecule has 84 valence electrons. The zero-order chi connectivity index (χ0) is 10.5. The maximum Gasteiger partial charge on any atom is 0.231 e. The fourth-order valence-corrected chi connectivity index (χ4v) is 3.34. The van der Waals surface area contributed by atoms with E-state index in [1.54, 1.807) is 0 Å². The molecule has 2 bridgehead atoms. The molecular formula is C13H15NO2. The number of rotatable bonds is 1. The minimum atomic E-state index is 0.369. The van der Waals surface area contributed by atoms with Gasteiger partial charge >= 0.3 is 0 Å². The van der Waals surface area contributed by atoms with Gasteiger partial charge in [0.05, 0.1) is 0 Å². The first-order valence-electron chi connectivity index (χ1n) is 6.06. The molecule has 2 saturated heterocycles. The fourth-order valence-electron chi connectivity index (χ4n) is 3.34. The van der Waals surface area contributed by atoms with Gasteiger partial charge in [0.2, 0.25) is 6.79 Å². The molecule has 3 aliphatic heterocycles. The second-order valence-corrected chi connectivity index (χ2v) is 5.00. The third-order valence-electron chi connectivity index (χ3n) is 4.12. The van der Waals surface area contributed by atoms with Gasteiger partial charge in [-0.2, -0.15) is 0 Å². The molecule has 0 saturated carbocycles. The topological polar surface area (TPSA) is 30.5 Å². The standard InChI is InChI=1S/C13H15NO2/c1-4-12-13(16-7-15-12)5-8(1)10-6-9-2-3-11(10)14-9/h1,4-5,9-11,14H,2-3,6-7H2. The minimum Gasteiger partial charge on any atom is -0.454 e. The molecule has 3 atom stereocenters. The molecule has 1 aromatic rings. The van der Waals surface area contributed by atoms with Crippen molar-refractivity contribution in [3.63, 3.8) is 0 Å². The molecule has 4 rings (SSSR count). The zero-order valence-corrected chi connectivity index (χ0v) is 9.11. The highest BCUT2D eigenvalue weighted by molar-refractivity contribution is 5.46. The molecule has 2 fully saturated rings. The molecule has 3 aliphatic rings. The van der Waals surface area contributed by atoms with Crippen molar-refractivity contribution in [1.29, 1.82) is 0 Å². The lowest BCUT2D eigenvalue weighted by molar-refractivity contribution is 0.174. The molecule has 16 heavy (non-hydrogen) atoms. The maximum absolute atomic E-state index is 5.44. The fraction of sp³-hybridized carbons (Fsp3) is 0.538. The van der Waals surface area contributed by atoms with Gasteiger partial charge in [0.25, 0.3) is 0 Å². The van der Waals surface area contributed by atoms with Gasteiger partial charge < -0.3 is 14.8 Å². The van der Waals surface area contributed by atoms with Crippen LogP contribution in [0.25, 0.3) is 0 Å². The molecule has 0 aromatic heterocycles. The van der Waals surface area contributed by atoms with Gasteiger partial charge in [0.15, 0.2) is 11.5 Å². The lowest BCUT2D eigenvalue weighted by Gasteiger charge is -2.20. The summed E-state index contributed by atoms with van der Waals surface area (Å²) in [4.78, 5) is 0. The zero-order valence-electron chi connectivity index (χ0n) is 9.11. The Hall–Kier alpha value is -1.22. The van der Waals surface area contributed by atoms with Crippen molar-refractivity contribution in [2.45, 2.75) is 37.3 Å². The summed E-state index contributed by atoms with van der Waals surface area (Å²) in [6, 6.07) is 7.84. The highest BCUT2D eigenvalue weighted by Gasteiger charge is 2.39. The van der Waals surface area contributed by atoms with E-state index in [0.29, 0.717) is 18.8 Å². The van der Waals surface area contributed by atoms with Crippen LogP contribution in [0.5, 0.6) is 11.5 Å². The van der Waals surface area contributed by atoms with Crippen molar-refractivity contribution in [2.24, 2.45) is 0 Å². The van der Waals surface area contributed by atoms with E-state index in [1.165, 1.54) is 24.8 Å². The smallest absolute Gasteiger partial charge is 0.231 e. The number of nitrogens with one attached hydrogen (secondary N) is 1. The average Bonchev–Trinajstić information content (AvgIpc) is 3.03.